The van der Waals surface area contributed by atoms with E-state index in [9.17, 15) is 14.4 Å². The first-order chi connectivity index (χ1) is 28.7. The fraction of sp³-hybridized carbons (Fsp3) is 0.422. The minimum absolute atomic E-state index is 0.219. The molecule has 7 atom stereocenters. The Kier molecular flexibility index (Phi) is 13.0. The second-order valence-electron chi connectivity index (χ2n) is 15.7. The Labute approximate surface area is 344 Å². The molecule has 2 aromatic carbocycles. The van der Waals surface area contributed by atoms with Crippen LogP contribution in [0.25, 0.3) is 33.6 Å². The fourth-order valence-electron chi connectivity index (χ4n) is 9.03. The summed E-state index contributed by atoms with van der Waals surface area (Å²) in [4.78, 5) is 57.8. The van der Waals surface area contributed by atoms with E-state index in [2.05, 4.69) is 86.0 Å². The Bertz CT molecular complexity index is 2170. The zero-order valence-corrected chi connectivity index (χ0v) is 34.3. The maximum absolute atomic E-state index is 13.6. The van der Waals surface area contributed by atoms with Crippen molar-refractivity contribution in [2.24, 2.45) is 17.8 Å². The van der Waals surface area contributed by atoms with E-state index in [1.807, 2.05) is 18.5 Å². The molecule has 1 aliphatic heterocycles. The minimum Gasteiger partial charge on any atom is -0.481 e. The van der Waals surface area contributed by atoms with Gasteiger partial charge < -0.3 is 39.7 Å². The number of carbonyl (C=O) groups excluding carboxylic acids is 3. The predicted octanol–water partition coefficient (Wildman–Crippen LogP) is 7.04. The number of pyridine rings is 1. The molecule has 310 valence electrons. The summed E-state index contributed by atoms with van der Waals surface area (Å²) in [5.41, 5.74) is 7.35. The van der Waals surface area contributed by atoms with Crippen molar-refractivity contribution < 1.29 is 28.6 Å². The average Bonchev–Trinajstić information content (AvgIpc) is 4.14. The van der Waals surface area contributed by atoms with Crippen molar-refractivity contribution in [3.8, 4) is 39.5 Å². The van der Waals surface area contributed by atoms with E-state index in [1.54, 1.807) is 31.2 Å². The molecule has 4 N–H and O–H groups in total. The molecule has 1 saturated heterocycles. The molecule has 59 heavy (non-hydrogen) atoms. The molecule has 5 aromatic rings. The van der Waals surface area contributed by atoms with Gasteiger partial charge in [-0.25, -0.2) is 19.7 Å². The number of imidazole rings is 2. The Morgan fingerprint density at radius 2 is 1.46 bits per heavy atom. The van der Waals surface area contributed by atoms with Crippen LogP contribution in [0.15, 0.2) is 79.3 Å². The van der Waals surface area contributed by atoms with Gasteiger partial charge in [-0.15, -0.1) is 0 Å². The molecule has 2 bridgehead atoms. The van der Waals surface area contributed by atoms with Crippen molar-refractivity contribution in [2.45, 2.75) is 76.6 Å². The molecule has 0 spiro atoms. The number of ether oxygens (including phenoxy) is 3. The monoisotopic (exact) mass is 802 g/mol. The minimum atomic E-state index is -0.864. The number of hydrogen-bond acceptors (Lipinski definition) is 9. The van der Waals surface area contributed by atoms with E-state index in [-0.39, 0.29) is 11.9 Å². The lowest BCUT2D eigenvalue weighted by molar-refractivity contribution is -0.137. The van der Waals surface area contributed by atoms with Gasteiger partial charge in [-0.05, 0) is 84.6 Å². The van der Waals surface area contributed by atoms with Crippen molar-refractivity contribution in [2.75, 3.05) is 27.9 Å². The number of H-pyrrole nitrogens is 2. The zero-order chi connectivity index (χ0) is 41.5. The smallest absolute Gasteiger partial charge is 0.407 e. The number of carbonyl (C=O) groups is 3. The first-order valence-corrected chi connectivity index (χ1v) is 20.4. The van der Waals surface area contributed by atoms with Gasteiger partial charge in [0.1, 0.15) is 17.7 Å². The molecule has 14 heteroatoms. The molecule has 14 nitrogen and oxygen atoms in total. The maximum Gasteiger partial charge on any atom is 0.407 e. The number of benzene rings is 2. The molecule has 3 aromatic heterocycles. The van der Waals surface area contributed by atoms with Crippen LogP contribution in [0.3, 0.4) is 0 Å². The van der Waals surface area contributed by atoms with Gasteiger partial charge in [0.15, 0.2) is 0 Å². The van der Waals surface area contributed by atoms with Crippen molar-refractivity contribution >= 4 is 18.4 Å². The molecule has 2 saturated carbocycles. The van der Waals surface area contributed by atoms with E-state index in [0.29, 0.717) is 37.2 Å². The number of nitrogens with one attached hydrogen (secondary N) is 4. The second-order valence-corrected chi connectivity index (χ2v) is 15.7. The van der Waals surface area contributed by atoms with Crippen molar-refractivity contribution in [3.63, 3.8) is 0 Å². The van der Waals surface area contributed by atoms with Gasteiger partial charge >= 0.3 is 6.09 Å². The summed E-state index contributed by atoms with van der Waals surface area (Å²) in [6.45, 7) is 5.23. The van der Waals surface area contributed by atoms with Crippen LogP contribution in [0, 0.1) is 17.8 Å². The summed E-state index contributed by atoms with van der Waals surface area (Å²) in [6, 6.07) is 19.6. The number of rotatable bonds is 13. The molecule has 3 fully saturated rings. The number of fused-ring (bicyclic) bond motifs is 2. The van der Waals surface area contributed by atoms with Gasteiger partial charge in [-0.2, -0.15) is 0 Å². The summed E-state index contributed by atoms with van der Waals surface area (Å²) in [5, 5.41) is 5.17. The third kappa shape index (κ3) is 9.17. The van der Waals surface area contributed by atoms with Gasteiger partial charge in [-0.3, -0.25) is 9.59 Å². The number of amides is 3. The van der Waals surface area contributed by atoms with Gasteiger partial charge in [0.2, 0.25) is 18.2 Å². The number of aromatic nitrogens is 5. The molecule has 2 aliphatic carbocycles. The highest BCUT2D eigenvalue weighted by atomic mass is 16.5. The number of aromatic amines is 2. The van der Waals surface area contributed by atoms with Crippen LogP contribution < -0.4 is 15.4 Å². The number of nitrogens with zero attached hydrogens (tertiary/aromatic N) is 4. The highest BCUT2D eigenvalue weighted by Gasteiger charge is 2.47. The van der Waals surface area contributed by atoms with Crippen molar-refractivity contribution in [1.29, 1.82) is 0 Å². The number of alkyl carbamates (subject to hydrolysis) is 1. The van der Waals surface area contributed by atoms with Crippen LogP contribution in [-0.2, 0) is 25.6 Å². The molecule has 3 amide bonds. The van der Waals surface area contributed by atoms with Gasteiger partial charge in [0.05, 0.1) is 50.1 Å². The molecular formula is C45H54N8O6. The van der Waals surface area contributed by atoms with Crippen LogP contribution >= 0.6 is 0 Å². The van der Waals surface area contributed by atoms with Gasteiger partial charge in [-0.1, -0.05) is 61.5 Å². The molecular weight excluding hydrogens is 749 g/mol. The van der Waals surface area contributed by atoms with E-state index >= 15 is 0 Å². The first kappa shape index (κ1) is 41.2. The number of hydrogen-bond donors (Lipinski definition) is 4. The normalized spacial score (nSPS) is 21.6. The lowest BCUT2D eigenvalue weighted by Gasteiger charge is -2.30. The standard InChI is InChI=1S/C37H44N6O4.C8H10N2O2/c1-21-27-15-16-28(18-27)32(21)35-39-20-30(41-35)26-13-9-24(10-14-26)23-7-11-25(12-8-23)29-19-38-34(40-29)31-6-5-17-43(31)36(44)33(22(2)46-3)42-37(45)47-4;1-12-8-3-2-7(5-10-8)4-9-6-11/h7-14,19-22,27-28,31-33H,5-6,15-18H2,1-4H3,(H,38,40)(H,39,41)(H,42,45);2-3,5-6H,4H2,1H3,(H,9,11). The first-order valence-electron chi connectivity index (χ1n) is 20.4. The predicted molar refractivity (Wildman–Crippen MR) is 223 cm³/mol. The van der Waals surface area contributed by atoms with Gasteiger partial charge in [0, 0.05) is 38.4 Å². The molecule has 3 aliphatic rings. The fourth-order valence-corrected chi connectivity index (χ4v) is 9.03. The van der Waals surface area contributed by atoms with Crippen LogP contribution in [0.1, 0.15) is 75.1 Å². The Balaban J connectivity index is 0.000000380. The molecule has 8 rings (SSSR count). The summed E-state index contributed by atoms with van der Waals surface area (Å²) < 4.78 is 15.0. The average molecular weight is 803 g/mol. The molecule has 0 radical (unpaired) electrons. The third-order valence-electron chi connectivity index (χ3n) is 12.4. The number of methoxy groups -OCH3 is 3. The number of likely N-dealkylation sites (tertiary alicyclic amines) is 1. The van der Waals surface area contributed by atoms with E-state index < -0.39 is 18.2 Å². The highest BCUT2D eigenvalue weighted by molar-refractivity contribution is 5.87. The highest BCUT2D eigenvalue weighted by Crippen LogP contribution is 2.56. The summed E-state index contributed by atoms with van der Waals surface area (Å²) >= 11 is 0. The maximum atomic E-state index is 13.6. The Morgan fingerprint density at radius 3 is 2.02 bits per heavy atom. The molecule has 7 unspecified atom stereocenters. The van der Waals surface area contributed by atoms with E-state index in [4.69, 9.17) is 19.2 Å². The van der Waals surface area contributed by atoms with Crippen LogP contribution in [0.4, 0.5) is 4.79 Å². The zero-order valence-electron chi connectivity index (χ0n) is 34.3. The Hall–Kier alpha value is -6.02. The van der Waals surface area contributed by atoms with Gasteiger partial charge in [0.25, 0.3) is 0 Å². The summed E-state index contributed by atoms with van der Waals surface area (Å²) in [6.07, 6.45) is 10.7. The van der Waals surface area contributed by atoms with E-state index in [1.165, 1.54) is 33.5 Å². The topological polar surface area (TPSA) is 176 Å². The lowest BCUT2D eigenvalue weighted by Crippen LogP contribution is -2.54. The Morgan fingerprint density at radius 1 is 0.831 bits per heavy atom. The van der Waals surface area contributed by atoms with Crippen molar-refractivity contribution in [3.05, 3.63) is 96.5 Å². The lowest BCUT2D eigenvalue weighted by atomic mass is 9.80. The quantitative estimate of drug-likeness (QED) is 0.0910. The summed E-state index contributed by atoms with van der Waals surface area (Å²) in [5.74, 6) is 5.18. The largest absolute Gasteiger partial charge is 0.481 e. The second kappa shape index (κ2) is 18.7. The SMILES string of the molecule is COC(=O)NC(C(=O)N1CCCC1c1ncc(-c2ccc(-c3ccc(-c4cnc(C5C6CCC(C6)C5C)[nH]4)cc3)cc2)[nH]1)C(C)OC.COc1ccc(CNC=O)cn1. The van der Waals surface area contributed by atoms with E-state index in [0.717, 1.165) is 75.5 Å². The third-order valence-corrected chi connectivity index (χ3v) is 12.4. The van der Waals surface area contributed by atoms with Crippen molar-refractivity contribution in [1.82, 2.24) is 40.5 Å². The molecule has 4 heterocycles. The van der Waals surface area contributed by atoms with Crippen LogP contribution in [0.2, 0.25) is 0 Å². The summed E-state index contributed by atoms with van der Waals surface area (Å²) in [7, 11) is 4.35. The van der Waals surface area contributed by atoms with Crippen LogP contribution in [0.5, 0.6) is 5.88 Å². The van der Waals surface area contributed by atoms with Crippen LogP contribution in [-0.4, -0.2) is 88.3 Å².